The Morgan fingerprint density at radius 1 is 1.17 bits per heavy atom. The van der Waals surface area contributed by atoms with Crippen LogP contribution < -0.4 is 5.73 Å². The fraction of sp³-hybridized carbons (Fsp3) is 0.286. The van der Waals surface area contributed by atoms with Gasteiger partial charge in [0.05, 0.1) is 23.2 Å². The van der Waals surface area contributed by atoms with Crippen molar-refractivity contribution in [2.24, 2.45) is 0 Å². The molecular formula is C21H21N5OS2. The van der Waals surface area contributed by atoms with E-state index < -0.39 is 0 Å². The van der Waals surface area contributed by atoms with Gasteiger partial charge in [-0.25, -0.2) is 4.98 Å². The summed E-state index contributed by atoms with van der Waals surface area (Å²) in [7, 11) is 0. The summed E-state index contributed by atoms with van der Waals surface area (Å²) in [5.41, 5.74) is 8.46. The molecular weight excluding hydrogens is 402 g/mol. The Hall–Kier alpha value is -2.42. The summed E-state index contributed by atoms with van der Waals surface area (Å²) in [6.07, 6.45) is 4.14. The number of anilines is 1. The molecule has 1 aliphatic heterocycles. The van der Waals surface area contributed by atoms with E-state index in [2.05, 4.69) is 44.0 Å². The number of nitrogens with two attached hydrogens (primary N) is 1. The van der Waals surface area contributed by atoms with Crippen molar-refractivity contribution in [3.8, 4) is 10.7 Å². The highest BCUT2D eigenvalue weighted by Crippen LogP contribution is 2.40. The second-order valence-corrected chi connectivity index (χ2v) is 8.97. The van der Waals surface area contributed by atoms with Crippen molar-refractivity contribution in [3.05, 3.63) is 54.2 Å². The first-order valence-electron chi connectivity index (χ1n) is 9.64. The minimum absolute atomic E-state index is 0.189. The Kier molecular flexibility index (Phi) is 5.22. The molecule has 2 N–H and O–H groups in total. The van der Waals surface area contributed by atoms with E-state index in [0.717, 1.165) is 63.5 Å². The van der Waals surface area contributed by atoms with Gasteiger partial charge < -0.3 is 10.5 Å². The Bertz CT molecular complexity index is 1120. The lowest BCUT2D eigenvalue weighted by atomic mass is 10.2. The van der Waals surface area contributed by atoms with Gasteiger partial charge in [0.1, 0.15) is 4.83 Å². The zero-order chi connectivity index (χ0) is 19.6. The van der Waals surface area contributed by atoms with E-state index >= 15 is 0 Å². The number of ether oxygens (including phenoxy) is 1. The third kappa shape index (κ3) is 3.75. The average Bonchev–Trinajstić information content (AvgIpc) is 3.48. The summed E-state index contributed by atoms with van der Waals surface area (Å²) in [5.74, 6) is 1.64. The lowest BCUT2D eigenvalue weighted by molar-refractivity contribution is 0.0953. The minimum Gasteiger partial charge on any atom is -0.397 e. The molecule has 29 heavy (non-hydrogen) atoms. The third-order valence-corrected chi connectivity index (χ3v) is 7.21. The summed E-state index contributed by atoms with van der Waals surface area (Å²) < 4.78 is 8.07. The Balaban J connectivity index is 1.51. The van der Waals surface area contributed by atoms with Crippen molar-refractivity contribution in [1.82, 2.24) is 19.7 Å². The van der Waals surface area contributed by atoms with Gasteiger partial charge in [0.25, 0.3) is 0 Å². The molecule has 1 aliphatic rings. The molecule has 6 nitrogen and oxygen atoms in total. The maximum absolute atomic E-state index is 6.47. The summed E-state index contributed by atoms with van der Waals surface area (Å²) in [6.45, 7) is 1.56. The number of fused-ring (bicyclic) bond motifs is 1. The number of rotatable bonds is 6. The van der Waals surface area contributed by atoms with Crippen molar-refractivity contribution in [3.63, 3.8) is 0 Å². The molecule has 1 saturated heterocycles. The van der Waals surface area contributed by atoms with Crippen molar-refractivity contribution in [1.29, 1.82) is 0 Å². The molecule has 1 aromatic carbocycles. The summed E-state index contributed by atoms with van der Waals surface area (Å²) >= 11 is 3.26. The molecule has 0 saturated carbocycles. The van der Waals surface area contributed by atoms with Crippen LogP contribution in [0.15, 0.2) is 53.8 Å². The van der Waals surface area contributed by atoms with Crippen LogP contribution in [0.1, 0.15) is 18.4 Å². The second kappa shape index (κ2) is 8.14. The molecule has 148 valence electrons. The SMILES string of the molecule is Nc1c(-c2nnc(SCc3ccccc3)n2C[C@H]2CCCO2)sc2ncccc12. The molecule has 1 fully saturated rings. The number of pyridine rings is 1. The number of nitrogens with zero attached hydrogens (tertiary/aromatic N) is 4. The van der Waals surface area contributed by atoms with Gasteiger partial charge in [-0.05, 0) is 30.5 Å². The van der Waals surface area contributed by atoms with E-state index in [4.69, 9.17) is 10.5 Å². The van der Waals surface area contributed by atoms with Gasteiger partial charge >= 0.3 is 0 Å². The maximum atomic E-state index is 6.47. The van der Waals surface area contributed by atoms with Gasteiger partial charge in [0, 0.05) is 23.9 Å². The molecule has 4 aromatic rings. The van der Waals surface area contributed by atoms with E-state index in [0.29, 0.717) is 0 Å². The van der Waals surface area contributed by atoms with Gasteiger partial charge in [-0.15, -0.1) is 21.5 Å². The molecule has 0 amide bonds. The van der Waals surface area contributed by atoms with Gasteiger partial charge in [-0.1, -0.05) is 42.1 Å². The van der Waals surface area contributed by atoms with Crippen LogP contribution in [0.4, 0.5) is 5.69 Å². The third-order valence-electron chi connectivity index (χ3n) is 5.05. The molecule has 0 bridgehead atoms. The summed E-state index contributed by atoms with van der Waals surface area (Å²) in [6, 6.07) is 14.3. The lowest BCUT2D eigenvalue weighted by Crippen LogP contribution is -2.16. The van der Waals surface area contributed by atoms with Crippen LogP contribution in [0.25, 0.3) is 20.9 Å². The Labute approximate surface area is 177 Å². The van der Waals surface area contributed by atoms with Crippen LogP contribution in [-0.4, -0.2) is 32.5 Å². The van der Waals surface area contributed by atoms with Crippen LogP contribution in [0.3, 0.4) is 0 Å². The first-order valence-corrected chi connectivity index (χ1v) is 11.4. The van der Waals surface area contributed by atoms with E-state index in [1.807, 2.05) is 18.2 Å². The lowest BCUT2D eigenvalue weighted by Gasteiger charge is -2.14. The van der Waals surface area contributed by atoms with Crippen LogP contribution in [0.5, 0.6) is 0 Å². The number of thioether (sulfide) groups is 1. The highest BCUT2D eigenvalue weighted by Gasteiger charge is 2.24. The van der Waals surface area contributed by atoms with Gasteiger partial charge in [-0.3, -0.25) is 4.57 Å². The highest BCUT2D eigenvalue weighted by molar-refractivity contribution is 7.98. The van der Waals surface area contributed by atoms with Crippen molar-refractivity contribution in [2.45, 2.75) is 36.4 Å². The standard InChI is InChI=1S/C21H21N5OS2/c22-17-16-9-4-10-23-20(16)29-18(17)19-24-25-21(26(19)12-15-8-5-11-27-15)28-13-14-6-2-1-3-7-14/h1-4,6-7,9-10,15H,5,8,11-13,22H2/t15-/m1/s1. The van der Waals surface area contributed by atoms with Gasteiger partial charge in [-0.2, -0.15) is 0 Å². The van der Waals surface area contributed by atoms with Gasteiger partial charge in [0.2, 0.25) is 0 Å². The normalized spacial score (nSPS) is 16.6. The number of nitrogen functional groups attached to an aromatic ring is 1. The number of hydrogen-bond acceptors (Lipinski definition) is 7. The number of aromatic nitrogens is 4. The van der Waals surface area contributed by atoms with Crippen LogP contribution in [0, 0.1) is 0 Å². The second-order valence-electron chi connectivity index (χ2n) is 7.03. The topological polar surface area (TPSA) is 78.8 Å². The first kappa shape index (κ1) is 18.6. The molecule has 3 aromatic heterocycles. The Morgan fingerprint density at radius 3 is 2.86 bits per heavy atom. The molecule has 0 aliphatic carbocycles. The predicted octanol–water partition coefficient (Wildman–Crippen LogP) is 4.61. The summed E-state index contributed by atoms with van der Waals surface area (Å²) in [4.78, 5) is 6.30. The van der Waals surface area contributed by atoms with E-state index in [-0.39, 0.29) is 6.10 Å². The van der Waals surface area contributed by atoms with E-state index in [9.17, 15) is 0 Å². The molecule has 0 unspecified atom stereocenters. The fourth-order valence-corrected chi connectivity index (χ4v) is 5.52. The largest absolute Gasteiger partial charge is 0.397 e. The fourth-order valence-electron chi connectivity index (χ4n) is 3.56. The average molecular weight is 424 g/mol. The zero-order valence-electron chi connectivity index (χ0n) is 15.8. The first-order chi connectivity index (χ1) is 14.3. The number of benzene rings is 1. The minimum atomic E-state index is 0.189. The maximum Gasteiger partial charge on any atom is 0.191 e. The molecule has 0 spiro atoms. The van der Waals surface area contributed by atoms with Crippen LogP contribution >= 0.6 is 23.1 Å². The number of hydrogen-bond donors (Lipinski definition) is 1. The summed E-state index contributed by atoms with van der Waals surface area (Å²) in [5, 5.41) is 10.9. The predicted molar refractivity (Wildman–Crippen MR) is 118 cm³/mol. The quantitative estimate of drug-likeness (QED) is 0.456. The van der Waals surface area contributed by atoms with E-state index in [1.54, 1.807) is 29.3 Å². The molecule has 8 heteroatoms. The zero-order valence-corrected chi connectivity index (χ0v) is 17.5. The number of thiophene rings is 1. The molecule has 0 radical (unpaired) electrons. The molecule has 1 atom stereocenters. The van der Waals surface area contributed by atoms with Crippen molar-refractivity contribution < 1.29 is 4.74 Å². The molecule has 5 rings (SSSR count). The van der Waals surface area contributed by atoms with E-state index in [1.165, 1.54) is 5.56 Å². The monoisotopic (exact) mass is 423 g/mol. The van der Waals surface area contributed by atoms with Crippen molar-refractivity contribution in [2.75, 3.05) is 12.3 Å². The molecule has 4 heterocycles. The smallest absolute Gasteiger partial charge is 0.191 e. The van der Waals surface area contributed by atoms with Crippen LogP contribution in [-0.2, 0) is 17.0 Å². The Morgan fingerprint density at radius 2 is 2.07 bits per heavy atom. The van der Waals surface area contributed by atoms with Crippen LogP contribution in [0.2, 0.25) is 0 Å². The highest BCUT2D eigenvalue weighted by atomic mass is 32.2. The van der Waals surface area contributed by atoms with Crippen molar-refractivity contribution >= 4 is 39.0 Å². The van der Waals surface area contributed by atoms with Gasteiger partial charge in [0.15, 0.2) is 11.0 Å².